The van der Waals surface area contributed by atoms with Crippen LogP contribution in [0.2, 0.25) is 0 Å². The van der Waals surface area contributed by atoms with Crippen LogP contribution in [0.4, 0.5) is 0 Å². The van der Waals surface area contributed by atoms with Gasteiger partial charge in [0.25, 0.3) is 0 Å². The van der Waals surface area contributed by atoms with Crippen molar-refractivity contribution >= 4 is 35.6 Å². The lowest BCUT2D eigenvalue weighted by Crippen LogP contribution is -2.57. The number of nitrogens with one attached hydrogen (secondary N) is 3. The lowest BCUT2D eigenvalue weighted by atomic mass is 10.0. The highest BCUT2D eigenvalue weighted by Crippen LogP contribution is 2.14. The number of rotatable bonds is 19. The van der Waals surface area contributed by atoms with Gasteiger partial charge in [-0.15, -0.1) is 0 Å². The Labute approximate surface area is 271 Å². The predicted octanol–water partition coefficient (Wildman–Crippen LogP) is -2.14. The molecule has 16 N–H and O–H groups in total. The zero-order valence-corrected chi connectivity index (χ0v) is 25.8. The minimum Gasteiger partial charge on any atom is -0.508 e. The molecule has 0 aliphatic rings. The van der Waals surface area contributed by atoms with Crippen molar-refractivity contribution in [2.45, 2.75) is 62.7 Å². The van der Waals surface area contributed by atoms with Gasteiger partial charge in [-0.2, -0.15) is 0 Å². The number of hydrogen-bond acceptors (Lipinski definition) is 9. The lowest BCUT2D eigenvalue weighted by Gasteiger charge is -2.25. The van der Waals surface area contributed by atoms with Crippen LogP contribution < -0.4 is 44.6 Å². The number of aliphatic imine (C=N–C) groups is 2. The number of carbonyl (C=O) groups excluding carboxylic acids is 3. The van der Waals surface area contributed by atoms with E-state index in [1.165, 1.54) is 36.4 Å². The molecule has 0 fully saturated rings. The predicted molar refractivity (Wildman–Crippen MR) is 175 cm³/mol. The molecular weight excluding hydrogens is 612 g/mol. The Hall–Kier alpha value is -5.58. The number of carboxylic acids is 1. The summed E-state index contributed by atoms with van der Waals surface area (Å²) < 4.78 is 0. The molecule has 0 aliphatic heterocycles. The molecule has 17 heteroatoms. The summed E-state index contributed by atoms with van der Waals surface area (Å²) in [7, 11) is 0. The number of benzene rings is 2. The van der Waals surface area contributed by atoms with Gasteiger partial charge in [-0.25, -0.2) is 4.79 Å². The Morgan fingerprint density at radius 1 is 0.617 bits per heavy atom. The summed E-state index contributed by atoms with van der Waals surface area (Å²) in [5.74, 6) is -3.76. The van der Waals surface area contributed by atoms with Gasteiger partial charge >= 0.3 is 5.97 Å². The maximum atomic E-state index is 13.6. The van der Waals surface area contributed by atoms with Gasteiger partial charge in [0.1, 0.15) is 29.6 Å². The van der Waals surface area contributed by atoms with Gasteiger partial charge in [-0.1, -0.05) is 24.3 Å². The number of guanidine groups is 2. The maximum Gasteiger partial charge on any atom is 0.326 e. The van der Waals surface area contributed by atoms with Gasteiger partial charge in [0.2, 0.25) is 17.7 Å². The number of nitrogens with zero attached hydrogens (tertiary/aromatic N) is 2. The van der Waals surface area contributed by atoms with Gasteiger partial charge in [0.15, 0.2) is 11.9 Å². The second-order valence-corrected chi connectivity index (χ2v) is 10.8. The minimum absolute atomic E-state index is 0.00632. The molecule has 0 heterocycles. The van der Waals surface area contributed by atoms with Crippen molar-refractivity contribution in [1.29, 1.82) is 0 Å². The molecule has 17 nitrogen and oxygen atoms in total. The standard InChI is InChI=1S/C30H44N10O7/c31-21(3-1-13-36-29(32)33)25(43)38-22(4-2-14-37-30(34)35)26(44)39-23(15-17-5-9-19(41)10-6-17)27(45)40-24(28(46)47)16-18-7-11-20(42)12-8-18/h5-12,21-24,41-42H,1-4,13-16,31H2,(H,38,43)(H,39,44)(H,40,45)(H,46,47)(H4,32,33,36)(H4,34,35,37). The summed E-state index contributed by atoms with van der Waals surface area (Å²) >= 11 is 0. The number of aromatic hydroxyl groups is 2. The molecule has 4 atom stereocenters. The second-order valence-electron chi connectivity index (χ2n) is 10.8. The van der Waals surface area contributed by atoms with Gasteiger partial charge in [-0.3, -0.25) is 24.4 Å². The fourth-order valence-corrected chi connectivity index (χ4v) is 4.39. The summed E-state index contributed by atoms with van der Waals surface area (Å²) in [6, 6.07) is 6.89. The molecule has 0 bridgehead atoms. The molecule has 0 saturated heterocycles. The van der Waals surface area contributed by atoms with E-state index in [1.807, 2.05) is 0 Å². The first-order valence-electron chi connectivity index (χ1n) is 14.8. The van der Waals surface area contributed by atoms with Crippen molar-refractivity contribution in [2.75, 3.05) is 13.1 Å². The molecule has 0 spiro atoms. The zero-order valence-electron chi connectivity index (χ0n) is 25.8. The number of carbonyl (C=O) groups is 4. The van der Waals surface area contributed by atoms with Crippen molar-refractivity contribution in [3.63, 3.8) is 0 Å². The first-order chi connectivity index (χ1) is 22.2. The van der Waals surface area contributed by atoms with Crippen molar-refractivity contribution in [3.8, 4) is 11.5 Å². The van der Waals surface area contributed by atoms with Crippen molar-refractivity contribution in [1.82, 2.24) is 16.0 Å². The Balaban J connectivity index is 2.27. The van der Waals surface area contributed by atoms with E-state index in [0.29, 0.717) is 17.5 Å². The van der Waals surface area contributed by atoms with E-state index < -0.39 is 47.9 Å². The monoisotopic (exact) mass is 656 g/mol. The van der Waals surface area contributed by atoms with Gasteiger partial charge < -0.3 is 59.9 Å². The molecular formula is C30H44N10O7. The first kappa shape index (κ1) is 37.6. The van der Waals surface area contributed by atoms with Crippen molar-refractivity contribution < 1.29 is 34.5 Å². The molecule has 2 aromatic carbocycles. The summed E-state index contributed by atoms with van der Waals surface area (Å²) in [4.78, 5) is 59.9. The Morgan fingerprint density at radius 3 is 1.49 bits per heavy atom. The fourth-order valence-electron chi connectivity index (χ4n) is 4.39. The van der Waals surface area contributed by atoms with Crippen LogP contribution in [0.5, 0.6) is 11.5 Å². The summed E-state index contributed by atoms with van der Waals surface area (Å²) in [6.07, 6.45) is 0.778. The van der Waals surface area contributed by atoms with E-state index in [2.05, 4.69) is 25.9 Å². The third-order valence-corrected chi connectivity index (χ3v) is 6.88. The third kappa shape index (κ3) is 14.4. The second kappa shape index (κ2) is 19.1. The van der Waals surface area contributed by atoms with Crippen molar-refractivity contribution in [2.24, 2.45) is 38.7 Å². The number of phenolic OH excluding ortho intramolecular Hbond substituents is 2. The molecule has 47 heavy (non-hydrogen) atoms. The molecule has 0 aromatic heterocycles. The largest absolute Gasteiger partial charge is 0.508 e. The molecule has 4 unspecified atom stereocenters. The number of nitrogens with two attached hydrogens (primary N) is 5. The Morgan fingerprint density at radius 2 is 1.02 bits per heavy atom. The number of carboxylic acid groups (broad SMARTS) is 1. The number of amides is 3. The molecule has 2 aromatic rings. The highest BCUT2D eigenvalue weighted by atomic mass is 16.4. The van der Waals surface area contributed by atoms with E-state index in [0.717, 1.165) is 0 Å². The van der Waals surface area contributed by atoms with Gasteiger partial charge in [0, 0.05) is 25.9 Å². The fraction of sp³-hybridized carbons (Fsp3) is 0.400. The van der Waals surface area contributed by atoms with Gasteiger partial charge in [-0.05, 0) is 61.1 Å². The molecule has 0 aliphatic carbocycles. The maximum absolute atomic E-state index is 13.6. The van der Waals surface area contributed by atoms with Crippen LogP contribution >= 0.6 is 0 Å². The highest BCUT2D eigenvalue weighted by molar-refractivity contribution is 5.94. The van der Waals surface area contributed by atoms with Crippen LogP contribution in [0.15, 0.2) is 58.5 Å². The van der Waals surface area contributed by atoms with E-state index in [1.54, 1.807) is 12.1 Å². The summed E-state index contributed by atoms with van der Waals surface area (Å²) in [5, 5.41) is 36.8. The van der Waals surface area contributed by atoms with Crippen LogP contribution in [0.1, 0.15) is 36.8 Å². The topological polar surface area (TPSA) is 320 Å². The van der Waals surface area contributed by atoms with Gasteiger partial charge in [0.05, 0.1) is 6.04 Å². The molecule has 3 amide bonds. The normalized spacial score (nSPS) is 13.2. The summed E-state index contributed by atoms with van der Waals surface area (Å²) in [5.41, 5.74) is 28.5. The number of phenols is 2. The Kier molecular flexibility index (Phi) is 15.2. The van der Waals surface area contributed by atoms with E-state index in [4.69, 9.17) is 28.7 Å². The Bertz CT molecular complexity index is 1390. The quantitative estimate of drug-likeness (QED) is 0.0438. The number of aliphatic carboxylic acids is 1. The molecule has 256 valence electrons. The minimum atomic E-state index is -1.38. The first-order valence-corrected chi connectivity index (χ1v) is 14.8. The average molecular weight is 657 g/mol. The zero-order chi connectivity index (χ0) is 34.9. The van der Waals surface area contributed by atoms with Crippen LogP contribution in [0.3, 0.4) is 0 Å². The average Bonchev–Trinajstić information content (AvgIpc) is 3.01. The SMILES string of the molecule is NC(N)=NCCCC(N)C(=O)NC(CCCN=C(N)N)C(=O)NC(Cc1ccc(O)cc1)C(=O)NC(Cc1ccc(O)cc1)C(=O)O. The van der Waals surface area contributed by atoms with Crippen LogP contribution in [0, 0.1) is 0 Å². The van der Waals surface area contributed by atoms with Crippen LogP contribution in [-0.4, -0.2) is 88.2 Å². The van der Waals surface area contributed by atoms with E-state index in [-0.39, 0.29) is 68.6 Å². The number of hydrogen-bond donors (Lipinski definition) is 11. The highest BCUT2D eigenvalue weighted by Gasteiger charge is 2.30. The smallest absolute Gasteiger partial charge is 0.326 e. The molecule has 2 rings (SSSR count). The molecule has 0 saturated carbocycles. The molecule has 0 radical (unpaired) electrons. The van der Waals surface area contributed by atoms with Crippen LogP contribution in [0.25, 0.3) is 0 Å². The third-order valence-electron chi connectivity index (χ3n) is 6.88. The van der Waals surface area contributed by atoms with E-state index in [9.17, 15) is 34.5 Å². The van der Waals surface area contributed by atoms with E-state index >= 15 is 0 Å². The van der Waals surface area contributed by atoms with Crippen molar-refractivity contribution in [3.05, 3.63) is 59.7 Å². The van der Waals surface area contributed by atoms with Crippen LogP contribution in [-0.2, 0) is 32.0 Å². The summed E-state index contributed by atoms with van der Waals surface area (Å²) in [6.45, 7) is 0.408. The lowest BCUT2D eigenvalue weighted by molar-refractivity contribution is -0.142.